The molecule has 3 heteroatoms. The molecule has 1 nitrogen and oxygen atoms in total. The lowest BCUT2D eigenvalue weighted by molar-refractivity contribution is 1.28. The Labute approximate surface area is 275 Å². The summed E-state index contributed by atoms with van der Waals surface area (Å²) in [5, 5.41) is 2.62. The largest absolute Gasteiger partial charge is 0.310 e. The monoisotopic (exact) mass is 657 g/mol. The lowest BCUT2D eigenvalue weighted by Crippen LogP contribution is -2.10. The molecule has 0 bridgehead atoms. The molecular formula is C42H28BrNS. The fourth-order valence-electron chi connectivity index (χ4n) is 6.09. The molecule has 0 saturated heterocycles. The Balaban J connectivity index is 1.24. The van der Waals surface area contributed by atoms with Crippen LogP contribution in [0.4, 0.5) is 17.1 Å². The number of halogens is 1. The van der Waals surface area contributed by atoms with Crippen LogP contribution in [0.1, 0.15) is 0 Å². The summed E-state index contributed by atoms with van der Waals surface area (Å²) in [6.07, 6.45) is 0. The molecule has 7 aromatic carbocycles. The van der Waals surface area contributed by atoms with E-state index in [0.717, 1.165) is 21.5 Å². The van der Waals surface area contributed by atoms with E-state index in [4.69, 9.17) is 0 Å². The van der Waals surface area contributed by atoms with Crippen molar-refractivity contribution in [2.75, 3.05) is 4.90 Å². The van der Waals surface area contributed by atoms with Gasteiger partial charge in [-0.25, -0.2) is 0 Å². The molecular weight excluding hydrogens is 630 g/mol. The average Bonchev–Trinajstić information content (AvgIpc) is 3.48. The SMILES string of the molecule is Brc1cc(-c2ccc3sc4ccccc4c3c2)cc(N(c2ccc(-c3ccccc3)cc2)c2ccc(-c3ccccc3)cc2)c1. The van der Waals surface area contributed by atoms with Gasteiger partial charge in [-0.05, 0) is 94.0 Å². The number of anilines is 3. The number of benzene rings is 7. The quantitative estimate of drug-likeness (QED) is 0.172. The Bertz CT molecular complexity index is 2170. The third-order valence-corrected chi connectivity index (χ3v) is 9.93. The molecule has 0 aliphatic carbocycles. The van der Waals surface area contributed by atoms with E-state index in [1.165, 1.54) is 53.6 Å². The molecule has 214 valence electrons. The number of nitrogens with zero attached hydrogens (tertiary/aromatic N) is 1. The van der Waals surface area contributed by atoms with Crippen LogP contribution in [0.25, 0.3) is 53.6 Å². The summed E-state index contributed by atoms with van der Waals surface area (Å²) in [7, 11) is 0. The van der Waals surface area contributed by atoms with Crippen LogP contribution in [0.3, 0.4) is 0 Å². The maximum Gasteiger partial charge on any atom is 0.0479 e. The highest BCUT2D eigenvalue weighted by Gasteiger charge is 2.16. The van der Waals surface area contributed by atoms with Gasteiger partial charge in [-0.15, -0.1) is 11.3 Å². The summed E-state index contributed by atoms with van der Waals surface area (Å²) in [5.41, 5.74) is 10.5. The van der Waals surface area contributed by atoms with Gasteiger partial charge in [-0.3, -0.25) is 0 Å². The fraction of sp³-hybridized carbons (Fsp3) is 0. The van der Waals surface area contributed by atoms with Gasteiger partial charge in [0.2, 0.25) is 0 Å². The van der Waals surface area contributed by atoms with E-state index in [1.807, 2.05) is 11.3 Å². The summed E-state index contributed by atoms with van der Waals surface area (Å²) in [6, 6.07) is 61.1. The smallest absolute Gasteiger partial charge is 0.0479 e. The molecule has 45 heavy (non-hydrogen) atoms. The molecule has 0 amide bonds. The highest BCUT2D eigenvalue weighted by atomic mass is 79.9. The molecule has 0 spiro atoms. The molecule has 0 radical (unpaired) electrons. The number of hydrogen-bond acceptors (Lipinski definition) is 2. The van der Waals surface area contributed by atoms with Gasteiger partial charge in [0.05, 0.1) is 0 Å². The second-order valence-electron chi connectivity index (χ2n) is 11.2. The summed E-state index contributed by atoms with van der Waals surface area (Å²) >= 11 is 5.72. The molecule has 0 saturated carbocycles. The molecule has 0 atom stereocenters. The molecule has 8 rings (SSSR count). The van der Waals surface area contributed by atoms with Gasteiger partial charge in [0.25, 0.3) is 0 Å². The van der Waals surface area contributed by atoms with Crippen molar-refractivity contribution in [1.29, 1.82) is 0 Å². The number of fused-ring (bicyclic) bond motifs is 3. The van der Waals surface area contributed by atoms with Crippen molar-refractivity contribution in [2.45, 2.75) is 0 Å². The Morgan fingerprint density at radius 1 is 0.356 bits per heavy atom. The predicted molar refractivity (Wildman–Crippen MR) is 198 cm³/mol. The van der Waals surface area contributed by atoms with Gasteiger partial charge in [0, 0.05) is 41.7 Å². The standard InChI is InChI=1S/C42H28BrNS/c43-35-25-34(33-19-24-42-40(27-33)39-13-7-8-14-41(39)45-42)26-38(28-35)44(36-20-15-31(16-21-36)29-9-3-1-4-10-29)37-22-17-32(18-23-37)30-11-5-2-6-12-30/h1-28H. The third-order valence-electron chi connectivity index (χ3n) is 8.32. The van der Waals surface area contributed by atoms with Crippen LogP contribution < -0.4 is 4.90 Å². The van der Waals surface area contributed by atoms with Crippen LogP contribution in [0.5, 0.6) is 0 Å². The van der Waals surface area contributed by atoms with Crippen molar-refractivity contribution in [1.82, 2.24) is 0 Å². The molecule has 1 aromatic heterocycles. The highest BCUT2D eigenvalue weighted by Crippen LogP contribution is 2.41. The summed E-state index contributed by atoms with van der Waals surface area (Å²) in [5.74, 6) is 0. The van der Waals surface area contributed by atoms with Gasteiger partial charge < -0.3 is 4.90 Å². The third kappa shape index (κ3) is 5.46. The van der Waals surface area contributed by atoms with E-state index < -0.39 is 0 Å². The second-order valence-corrected chi connectivity index (χ2v) is 13.2. The van der Waals surface area contributed by atoms with Crippen LogP contribution in [0, 0.1) is 0 Å². The van der Waals surface area contributed by atoms with Crippen LogP contribution in [-0.2, 0) is 0 Å². The topological polar surface area (TPSA) is 3.24 Å². The molecule has 0 unspecified atom stereocenters. The minimum absolute atomic E-state index is 1.04. The Hall–Kier alpha value is -4.96. The van der Waals surface area contributed by atoms with E-state index in [1.54, 1.807) is 0 Å². The maximum atomic E-state index is 3.87. The van der Waals surface area contributed by atoms with E-state index in [0.29, 0.717) is 0 Å². The zero-order valence-corrected chi connectivity index (χ0v) is 26.8. The van der Waals surface area contributed by atoms with Gasteiger partial charge >= 0.3 is 0 Å². The van der Waals surface area contributed by atoms with E-state index in [2.05, 4.69) is 191 Å². The molecule has 0 aliphatic heterocycles. The number of rotatable bonds is 6. The van der Waals surface area contributed by atoms with Crippen molar-refractivity contribution in [2.24, 2.45) is 0 Å². The summed E-state index contributed by atoms with van der Waals surface area (Å²) in [4.78, 5) is 2.34. The van der Waals surface area contributed by atoms with Crippen molar-refractivity contribution in [3.05, 3.63) is 174 Å². The van der Waals surface area contributed by atoms with Crippen molar-refractivity contribution >= 4 is 64.5 Å². The van der Waals surface area contributed by atoms with Crippen molar-refractivity contribution < 1.29 is 0 Å². The van der Waals surface area contributed by atoms with Gasteiger partial charge in [0.1, 0.15) is 0 Å². The normalized spacial score (nSPS) is 11.2. The summed E-state index contributed by atoms with van der Waals surface area (Å²) < 4.78 is 3.68. The number of thiophene rings is 1. The second kappa shape index (κ2) is 11.9. The van der Waals surface area contributed by atoms with Gasteiger partial charge in [0.15, 0.2) is 0 Å². The fourth-order valence-corrected chi connectivity index (χ4v) is 7.66. The molecule has 0 N–H and O–H groups in total. The Kier molecular flexibility index (Phi) is 7.26. The molecule has 8 aromatic rings. The first-order valence-electron chi connectivity index (χ1n) is 15.0. The van der Waals surface area contributed by atoms with Gasteiger partial charge in [-0.2, -0.15) is 0 Å². The van der Waals surface area contributed by atoms with Crippen LogP contribution in [0.2, 0.25) is 0 Å². The number of hydrogen-bond donors (Lipinski definition) is 0. The zero-order valence-electron chi connectivity index (χ0n) is 24.4. The first kappa shape index (κ1) is 27.6. The van der Waals surface area contributed by atoms with Crippen LogP contribution in [0.15, 0.2) is 174 Å². The van der Waals surface area contributed by atoms with Gasteiger partial charge in [-0.1, -0.05) is 125 Å². The summed E-state index contributed by atoms with van der Waals surface area (Å²) in [6.45, 7) is 0. The minimum Gasteiger partial charge on any atom is -0.310 e. The molecule has 0 aliphatic rings. The molecule has 1 heterocycles. The van der Waals surface area contributed by atoms with E-state index in [-0.39, 0.29) is 0 Å². The predicted octanol–water partition coefficient (Wildman–Crippen LogP) is 13.3. The van der Waals surface area contributed by atoms with Crippen LogP contribution >= 0.6 is 27.3 Å². The Morgan fingerprint density at radius 3 is 1.49 bits per heavy atom. The first-order valence-corrected chi connectivity index (χ1v) is 16.6. The minimum atomic E-state index is 1.04. The van der Waals surface area contributed by atoms with Crippen LogP contribution in [-0.4, -0.2) is 0 Å². The van der Waals surface area contributed by atoms with E-state index >= 15 is 0 Å². The Morgan fingerprint density at radius 2 is 0.867 bits per heavy atom. The maximum absolute atomic E-state index is 3.87. The molecule has 0 fully saturated rings. The lowest BCUT2D eigenvalue weighted by Gasteiger charge is -2.27. The van der Waals surface area contributed by atoms with Crippen molar-refractivity contribution in [3.8, 4) is 33.4 Å². The average molecular weight is 659 g/mol. The lowest BCUT2D eigenvalue weighted by atomic mass is 10.0. The zero-order chi connectivity index (χ0) is 30.2. The first-order chi connectivity index (χ1) is 22.2. The van der Waals surface area contributed by atoms with Crippen molar-refractivity contribution in [3.63, 3.8) is 0 Å². The highest BCUT2D eigenvalue weighted by molar-refractivity contribution is 9.10. The van der Waals surface area contributed by atoms with E-state index in [9.17, 15) is 0 Å².